The van der Waals surface area contributed by atoms with Crippen LogP contribution in [0, 0.1) is 6.92 Å². The molecule has 3 aromatic rings. The van der Waals surface area contributed by atoms with Crippen molar-refractivity contribution in [2.24, 2.45) is 5.73 Å². The lowest BCUT2D eigenvalue weighted by molar-refractivity contribution is 0.354. The fourth-order valence-electron chi connectivity index (χ4n) is 2.09. The van der Waals surface area contributed by atoms with Crippen molar-refractivity contribution >= 4 is 0 Å². The summed E-state index contributed by atoms with van der Waals surface area (Å²) in [5.74, 6) is 1.80. The Bertz CT molecular complexity index is 731. The molecule has 0 saturated carbocycles. The lowest BCUT2D eigenvalue weighted by Crippen LogP contribution is -2.13. The van der Waals surface area contributed by atoms with E-state index in [-0.39, 0.29) is 5.75 Å². The number of nitrogens with zero attached hydrogens (tertiary/aromatic N) is 2. The van der Waals surface area contributed by atoms with Crippen LogP contribution in [0.4, 0.5) is 0 Å². The van der Waals surface area contributed by atoms with Gasteiger partial charge in [0.1, 0.15) is 11.5 Å². The Morgan fingerprint density at radius 3 is 2.67 bits per heavy atom. The van der Waals surface area contributed by atoms with E-state index in [4.69, 9.17) is 14.7 Å². The highest BCUT2D eigenvalue weighted by atomic mass is 16.5. The van der Waals surface area contributed by atoms with E-state index < -0.39 is 6.04 Å². The third-order valence-electron chi connectivity index (χ3n) is 3.25. The Balaban J connectivity index is 1.76. The van der Waals surface area contributed by atoms with Gasteiger partial charge in [0.15, 0.2) is 0 Å². The number of aromatic hydroxyl groups is 1. The van der Waals surface area contributed by atoms with Gasteiger partial charge in [-0.3, -0.25) is 0 Å². The first-order valence-electron chi connectivity index (χ1n) is 6.55. The molecule has 6 nitrogen and oxygen atoms in total. The van der Waals surface area contributed by atoms with Gasteiger partial charge in [-0.15, -0.1) is 0 Å². The molecule has 0 aliphatic carbocycles. The Morgan fingerprint density at radius 1 is 1.24 bits per heavy atom. The van der Waals surface area contributed by atoms with E-state index in [1.54, 1.807) is 24.5 Å². The number of hydrogen-bond donors (Lipinski definition) is 2. The quantitative estimate of drug-likeness (QED) is 0.764. The molecule has 0 radical (unpaired) electrons. The molecule has 1 aromatic carbocycles. The third kappa shape index (κ3) is 2.80. The number of benzene rings is 1. The first kappa shape index (κ1) is 13.4. The summed E-state index contributed by atoms with van der Waals surface area (Å²) in [5, 5.41) is 13.2. The first-order chi connectivity index (χ1) is 10.1. The smallest absolute Gasteiger partial charge is 0.244 e. The Hall–Kier alpha value is -2.60. The largest absolute Gasteiger partial charge is 0.508 e. The summed E-state index contributed by atoms with van der Waals surface area (Å²) >= 11 is 0. The van der Waals surface area contributed by atoms with Crippen LogP contribution in [-0.2, 0) is 6.42 Å². The van der Waals surface area contributed by atoms with Crippen molar-refractivity contribution in [3.8, 4) is 17.1 Å². The van der Waals surface area contributed by atoms with E-state index in [1.165, 1.54) is 0 Å². The molecule has 0 amide bonds. The molecule has 0 spiro atoms. The number of phenols is 1. The van der Waals surface area contributed by atoms with E-state index >= 15 is 0 Å². The Morgan fingerprint density at radius 2 is 2.00 bits per heavy atom. The average Bonchev–Trinajstić information content (AvgIpc) is 3.09. The molecular formula is C15H15N3O3. The van der Waals surface area contributed by atoms with E-state index in [0.717, 1.165) is 16.9 Å². The minimum absolute atomic E-state index is 0.225. The van der Waals surface area contributed by atoms with Crippen LogP contribution >= 0.6 is 0 Å². The number of rotatable bonds is 4. The fourth-order valence-corrected chi connectivity index (χ4v) is 2.09. The molecule has 0 unspecified atom stereocenters. The molecular weight excluding hydrogens is 270 g/mol. The topological polar surface area (TPSA) is 98.3 Å². The minimum atomic E-state index is -0.400. The van der Waals surface area contributed by atoms with Crippen molar-refractivity contribution in [2.45, 2.75) is 19.4 Å². The minimum Gasteiger partial charge on any atom is -0.508 e. The van der Waals surface area contributed by atoms with Gasteiger partial charge in [-0.25, -0.2) is 0 Å². The molecule has 0 bridgehead atoms. The number of phenolic OH excluding ortho intramolecular Hbond substituents is 1. The molecule has 3 rings (SSSR count). The Kier molecular flexibility index (Phi) is 3.45. The summed E-state index contributed by atoms with van der Waals surface area (Å²) < 4.78 is 10.4. The van der Waals surface area contributed by atoms with Crippen LogP contribution in [-0.4, -0.2) is 15.2 Å². The zero-order chi connectivity index (χ0) is 14.8. The molecule has 0 aliphatic rings. The van der Waals surface area contributed by atoms with Gasteiger partial charge in [0.25, 0.3) is 0 Å². The summed E-state index contributed by atoms with van der Waals surface area (Å²) in [5.41, 5.74) is 7.87. The van der Waals surface area contributed by atoms with Gasteiger partial charge in [-0.1, -0.05) is 17.3 Å². The van der Waals surface area contributed by atoms with Gasteiger partial charge in [-0.2, -0.15) is 4.98 Å². The number of hydrogen-bond acceptors (Lipinski definition) is 6. The normalized spacial score (nSPS) is 12.5. The lowest BCUT2D eigenvalue weighted by Gasteiger charge is -2.06. The van der Waals surface area contributed by atoms with E-state index in [0.29, 0.717) is 18.1 Å². The van der Waals surface area contributed by atoms with Gasteiger partial charge in [0.2, 0.25) is 11.7 Å². The maximum atomic E-state index is 9.26. The summed E-state index contributed by atoms with van der Waals surface area (Å²) in [4.78, 5) is 4.32. The van der Waals surface area contributed by atoms with Crippen LogP contribution in [0.3, 0.4) is 0 Å². The third-order valence-corrected chi connectivity index (χ3v) is 3.25. The maximum Gasteiger partial charge on any atom is 0.244 e. The molecule has 21 heavy (non-hydrogen) atoms. The molecule has 2 aromatic heterocycles. The average molecular weight is 285 g/mol. The van der Waals surface area contributed by atoms with E-state index in [9.17, 15) is 5.11 Å². The molecule has 6 heteroatoms. The molecule has 0 aliphatic heterocycles. The first-order valence-corrected chi connectivity index (χ1v) is 6.55. The molecule has 0 saturated heterocycles. The number of aromatic nitrogens is 2. The zero-order valence-electron chi connectivity index (χ0n) is 11.5. The predicted octanol–water partition coefficient (Wildman–Crippen LogP) is 2.59. The highest BCUT2D eigenvalue weighted by molar-refractivity contribution is 5.56. The SMILES string of the molecule is Cc1occc1-c1noc([C@H](N)Cc2ccc(O)cc2)n1. The van der Waals surface area contributed by atoms with Gasteiger partial charge < -0.3 is 19.8 Å². The van der Waals surface area contributed by atoms with Gasteiger partial charge in [0, 0.05) is 0 Å². The van der Waals surface area contributed by atoms with Crippen molar-refractivity contribution in [2.75, 3.05) is 0 Å². The number of furan rings is 1. The van der Waals surface area contributed by atoms with E-state index in [1.807, 2.05) is 19.1 Å². The van der Waals surface area contributed by atoms with Crippen molar-refractivity contribution in [3.63, 3.8) is 0 Å². The van der Waals surface area contributed by atoms with Gasteiger partial charge in [0.05, 0.1) is 17.9 Å². The molecule has 3 N–H and O–H groups in total. The second-order valence-electron chi connectivity index (χ2n) is 4.82. The Labute approximate surface area is 121 Å². The molecule has 108 valence electrons. The highest BCUT2D eigenvalue weighted by Crippen LogP contribution is 2.23. The molecule has 1 atom stereocenters. The highest BCUT2D eigenvalue weighted by Gasteiger charge is 2.18. The van der Waals surface area contributed by atoms with Crippen molar-refractivity contribution in [3.05, 3.63) is 53.8 Å². The van der Waals surface area contributed by atoms with Gasteiger partial charge >= 0.3 is 0 Å². The summed E-state index contributed by atoms with van der Waals surface area (Å²) in [6.45, 7) is 1.84. The fraction of sp³-hybridized carbons (Fsp3) is 0.200. The summed E-state index contributed by atoms with van der Waals surface area (Å²) in [7, 11) is 0. The zero-order valence-corrected chi connectivity index (χ0v) is 11.5. The van der Waals surface area contributed by atoms with Crippen molar-refractivity contribution in [1.29, 1.82) is 0 Å². The van der Waals surface area contributed by atoms with Gasteiger partial charge in [-0.05, 0) is 37.1 Å². The summed E-state index contributed by atoms with van der Waals surface area (Å²) in [6.07, 6.45) is 2.13. The maximum absolute atomic E-state index is 9.26. The lowest BCUT2D eigenvalue weighted by atomic mass is 10.1. The van der Waals surface area contributed by atoms with Crippen LogP contribution in [0.5, 0.6) is 5.75 Å². The number of nitrogens with two attached hydrogens (primary N) is 1. The van der Waals surface area contributed by atoms with Crippen LogP contribution in [0.1, 0.15) is 23.3 Å². The van der Waals surface area contributed by atoms with Crippen molar-refractivity contribution < 1.29 is 14.0 Å². The standard InChI is InChI=1S/C15H15N3O3/c1-9-12(6-7-20-9)14-17-15(21-18-14)13(16)8-10-2-4-11(19)5-3-10/h2-7,13,19H,8,16H2,1H3/t13-/m1/s1. The van der Waals surface area contributed by atoms with Crippen LogP contribution in [0.2, 0.25) is 0 Å². The van der Waals surface area contributed by atoms with Crippen LogP contribution in [0.15, 0.2) is 45.5 Å². The molecule has 0 fully saturated rings. The van der Waals surface area contributed by atoms with Crippen LogP contribution in [0.25, 0.3) is 11.4 Å². The predicted molar refractivity (Wildman–Crippen MR) is 75.5 cm³/mol. The second kappa shape index (κ2) is 5.41. The van der Waals surface area contributed by atoms with E-state index in [2.05, 4.69) is 10.1 Å². The second-order valence-corrected chi connectivity index (χ2v) is 4.82. The van der Waals surface area contributed by atoms with Crippen LogP contribution < -0.4 is 5.73 Å². The molecule has 2 heterocycles. The monoisotopic (exact) mass is 285 g/mol. The summed E-state index contributed by atoms with van der Waals surface area (Å²) in [6, 6.07) is 8.25. The number of aryl methyl sites for hydroxylation is 1. The van der Waals surface area contributed by atoms with Crippen molar-refractivity contribution in [1.82, 2.24) is 10.1 Å².